The lowest BCUT2D eigenvalue weighted by atomic mass is 9.69. The van der Waals surface area contributed by atoms with E-state index in [1.807, 2.05) is 32.9 Å². The van der Waals surface area contributed by atoms with E-state index < -0.39 is 23.8 Å². The van der Waals surface area contributed by atoms with Gasteiger partial charge in [0.15, 0.2) is 5.78 Å². The van der Waals surface area contributed by atoms with E-state index in [1.54, 1.807) is 31.0 Å². The van der Waals surface area contributed by atoms with Gasteiger partial charge in [-0.2, -0.15) is 11.8 Å². The number of ketones is 1. The van der Waals surface area contributed by atoms with Gasteiger partial charge < -0.3 is 19.5 Å². The predicted molar refractivity (Wildman–Crippen MR) is 127 cm³/mol. The van der Waals surface area contributed by atoms with Gasteiger partial charge in [0.2, 0.25) is 0 Å². The van der Waals surface area contributed by atoms with E-state index in [0.717, 1.165) is 17.0 Å². The minimum absolute atomic E-state index is 0.222. The van der Waals surface area contributed by atoms with E-state index in [-0.39, 0.29) is 18.3 Å². The van der Waals surface area contributed by atoms with Crippen LogP contribution < -0.4 is 10.1 Å². The van der Waals surface area contributed by atoms with Crippen molar-refractivity contribution >= 4 is 29.5 Å². The highest BCUT2D eigenvalue weighted by molar-refractivity contribution is 7.99. The summed E-state index contributed by atoms with van der Waals surface area (Å²) in [5.41, 5.74) is 2.95. The molecule has 0 saturated carbocycles. The van der Waals surface area contributed by atoms with Gasteiger partial charge >= 0.3 is 11.9 Å². The molecule has 178 valence electrons. The number of carbonyl (C=O) groups excluding carboxylic acids is 3. The maximum atomic E-state index is 13.6. The number of ether oxygens (including phenoxy) is 3. The van der Waals surface area contributed by atoms with Crippen molar-refractivity contribution in [3.63, 3.8) is 0 Å². The summed E-state index contributed by atoms with van der Waals surface area (Å²) in [5, 5.41) is 3.27. The van der Waals surface area contributed by atoms with Crippen molar-refractivity contribution in [2.24, 2.45) is 11.8 Å². The summed E-state index contributed by atoms with van der Waals surface area (Å²) >= 11 is 1.69. The zero-order valence-corrected chi connectivity index (χ0v) is 20.5. The van der Waals surface area contributed by atoms with Crippen molar-refractivity contribution < 1.29 is 28.6 Å². The predicted octanol–water partition coefficient (Wildman–Crippen LogP) is 3.60. The normalized spacial score (nSPS) is 22.5. The minimum atomic E-state index is -0.909. The lowest BCUT2D eigenvalue weighted by molar-refractivity contribution is -0.151. The molecule has 2 aliphatic rings. The van der Waals surface area contributed by atoms with Crippen LogP contribution in [0.4, 0.5) is 0 Å². The van der Waals surface area contributed by atoms with E-state index in [4.69, 9.17) is 14.2 Å². The Labute approximate surface area is 198 Å². The van der Waals surface area contributed by atoms with Crippen molar-refractivity contribution in [2.75, 3.05) is 32.3 Å². The van der Waals surface area contributed by atoms with Crippen LogP contribution in [0.2, 0.25) is 0 Å². The average molecular weight is 474 g/mol. The Balaban J connectivity index is 2.06. The van der Waals surface area contributed by atoms with E-state index in [1.165, 1.54) is 7.11 Å². The van der Waals surface area contributed by atoms with Crippen LogP contribution in [0.1, 0.15) is 38.7 Å². The van der Waals surface area contributed by atoms with E-state index in [9.17, 15) is 14.4 Å². The van der Waals surface area contributed by atoms with Crippen LogP contribution in [0.5, 0.6) is 5.75 Å². The van der Waals surface area contributed by atoms with Crippen LogP contribution in [-0.2, 0) is 23.9 Å². The Morgan fingerprint density at radius 3 is 2.48 bits per heavy atom. The number of Topliss-reactive ketones (excluding diaryl/α,β-unsaturated/α-hetero) is 1. The van der Waals surface area contributed by atoms with Crippen molar-refractivity contribution in [3.8, 4) is 5.75 Å². The first-order valence-corrected chi connectivity index (χ1v) is 12.2. The smallest absolute Gasteiger partial charge is 0.336 e. The Bertz CT molecular complexity index is 981. The number of hydrogen-bond donors (Lipinski definition) is 1. The maximum Gasteiger partial charge on any atom is 0.336 e. The first-order chi connectivity index (χ1) is 15.8. The van der Waals surface area contributed by atoms with Crippen LogP contribution >= 0.6 is 11.8 Å². The first kappa shape index (κ1) is 24.9. The third kappa shape index (κ3) is 5.11. The molecule has 0 radical (unpaired) electrons. The molecule has 1 aliphatic carbocycles. The number of allylic oxidation sites excluding steroid dienone is 3. The monoisotopic (exact) mass is 473 g/mol. The number of thioether (sulfide) groups is 1. The molecule has 7 nitrogen and oxygen atoms in total. The van der Waals surface area contributed by atoms with Gasteiger partial charge in [-0.1, -0.05) is 26.0 Å². The number of carbonyl (C=O) groups is 3. The topological polar surface area (TPSA) is 90.9 Å². The SMILES string of the molecule is CCSCCOC(=O)C1=C(C)NC2=C(C(=O)[C@H](C(=O)OC)[C@H](C)C2)[C@@H]1c1ccc(OC)cc1. The molecular weight excluding hydrogens is 442 g/mol. The van der Waals surface area contributed by atoms with Crippen LogP contribution in [0, 0.1) is 11.8 Å². The number of dihydropyridines is 1. The summed E-state index contributed by atoms with van der Waals surface area (Å²) in [6.07, 6.45) is 0.500. The highest BCUT2D eigenvalue weighted by atomic mass is 32.2. The molecule has 0 bridgehead atoms. The van der Waals surface area contributed by atoms with E-state index >= 15 is 0 Å². The number of esters is 2. The number of hydrogen-bond acceptors (Lipinski definition) is 8. The average Bonchev–Trinajstić information content (AvgIpc) is 2.80. The second-order valence-electron chi connectivity index (χ2n) is 8.14. The van der Waals surface area contributed by atoms with Gasteiger partial charge in [0.1, 0.15) is 18.3 Å². The third-order valence-electron chi connectivity index (χ3n) is 6.08. The lowest BCUT2D eigenvalue weighted by Crippen LogP contribution is -2.43. The van der Waals surface area contributed by atoms with Gasteiger partial charge in [-0.3, -0.25) is 9.59 Å². The van der Waals surface area contributed by atoms with Gasteiger partial charge in [-0.05, 0) is 42.7 Å². The fourth-order valence-electron chi connectivity index (χ4n) is 4.50. The Morgan fingerprint density at radius 1 is 1.18 bits per heavy atom. The number of methoxy groups -OCH3 is 2. The summed E-state index contributed by atoms with van der Waals surface area (Å²) in [4.78, 5) is 39.3. The Kier molecular flexibility index (Phi) is 8.24. The molecule has 0 unspecified atom stereocenters. The largest absolute Gasteiger partial charge is 0.497 e. The standard InChI is InChI=1S/C25H31NO6S/c1-6-33-12-11-32-25(29)20-15(3)26-18-13-14(2)19(24(28)31-5)23(27)22(18)21(20)16-7-9-17(30-4)10-8-16/h7-10,14,19,21,26H,6,11-13H2,1-5H3/t14-,19-,21-/m1/s1. The number of rotatable bonds is 8. The van der Waals surface area contributed by atoms with Crippen molar-refractivity contribution in [1.82, 2.24) is 5.32 Å². The van der Waals surface area contributed by atoms with Gasteiger partial charge in [-0.15, -0.1) is 0 Å². The highest BCUT2D eigenvalue weighted by Crippen LogP contribution is 2.45. The molecule has 0 amide bonds. The molecule has 1 aliphatic heterocycles. The van der Waals surface area contributed by atoms with Crippen molar-refractivity contribution in [3.05, 3.63) is 52.4 Å². The molecule has 1 aromatic carbocycles. The van der Waals surface area contributed by atoms with Crippen molar-refractivity contribution in [2.45, 2.75) is 33.1 Å². The van der Waals surface area contributed by atoms with Gasteiger partial charge in [0.25, 0.3) is 0 Å². The Morgan fingerprint density at radius 2 is 1.88 bits per heavy atom. The molecule has 1 heterocycles. The number of benzene rings is 1. The summed E-state index contributed by atoms with van der Waals surface area (Å²) in [6, 6.07) is 7.26. The molecule has 0 spiro atoms. The molecule has 0 aromatic heterocycles. The number of nitrogens with one attached hydrogen (secondary N) is 1. The molecule has 3 atom stereocenters. The highest BCUT2D eigenvalue weighted by Gasteiger charge is 2.47. The quantitative estimate of drug-likeness (QED) is 0.348. The first-order valence-electron chi connectivity index (χ1n) is 11.1. The van der Waals surface area contributed by atoms with Crippen LogP contribution in [0.25, 0.3) is 0 Å². The molecule has 8 heteroatoms. The summed E-state index contributed by atoms with van der Waals surface area (Å²) in [7, 11) is 2.86. The Hall–Kier alpha value is -2.74. The van der Waals surface area contributed by atoms with Crippen LogP contribution in [0.15, 0.2) is 46.8 Å². The molecule has 0 fully saturated rings. The zero-order chi connectivity index (χ0) is 24.1. The fourth-order valence-corrected chi connectivity index (χ4v) is 4.99. The maximum absolute atomic E-state index is 13.6. The zero-order valence-electron chi connectivity index (χ0n) is 19.7. The summed E-state index contributed by atoms with van der Waals surface area (Å²) < 4.78 is 15.8. The van der Waals surface area contributed by atoms with Gasteiger partial charge in [0, 0.05) is 28.6 Å². The minimum Gasteiger partial charge on any atom is -0.497 e. The lowest BCUT2D eigenvalue weighted by Gasteiger charge is -2.38. The second-order valence-corrected chi connectivity index (χ2v) is 9.54. The molecule has 0 saturated heterocycles. The van der Waals surface area contributed by atoms with Gasteiger partial charge in [-0.25, -0.2) is 4.79 Å². The molecular formula is C25H31NO6S. The second kappa shape index (κ2) is 10.9. The van der Waals surface area contributed by atoms with E-state index in [2.05, 4.69) is 5.32 Å². The molecule has 1 N–H and O–H groups in total. The molecule has 3 rings (SSSR count). The fraction of sp³-hybridized carbons (Fsp3) is 0.480. The van der Waals surface area contributed by atoms with Crippen LogP contribution in [0.3, 0.4) is 0 Å². The molecule has 33 heavy (non-hydrogen) atoms. The summed E-state index contributed by atoms with van der Waals surface area (Å²) in [6.45, 7) is 6.01. The summed E-state index contributed by atoms with van der Waals surface area (Å²) in [5.74, 6) is -0.817. The van der Waals surface area contributed by atoms with Gasteiger partial charge in [0.05, 0.1) is 19.8 Å². The van der Waals surface area contributed by atoms with Crippen molar-refractivity contribution in [1.29, 1.82) is 0 Å². The van der Waals surface area contributed by atoms with Crippen LogP contribution in [-0.4, -0.2) is 50.1 Å². The molecule has 1 aromatic rings. The van der Waals surface area contributed by atoms with E-state index in [0.29, 0.717) is 34.8 Å². The third-order valence-corrected chi connectivity index (χ3v) is 6.94.